The Morgan fingerprint density at radius 1 is 1.75 bits per heavy atom. The van der Waals surface area contributed by atoms with Gasteiger partial charge in [0.05, 0.1) is 5.75 Å². The van der Waals surface area contributed by atoms with Crippen LogP contribution in [0.15, 0.2) is 0 Å². The Morgan fingerprint density at radius 3 is 2.75 bits per heavy atom. The Bertz CT molecular complexity index is 211. The molecule has 0 heterocycles. The third kappa shape index (κ3) is 6.39. The standard InChI is InChI=1S/C7H14NPS3/c1-4-6-11-9(8,10)12-7(3)5-2/h1,7H,5-6H2,2-3H3,(H2,8,10). The Hall–Kier alpha value is 0.870. The van der Waals surface area contributed by atoms with E-state index in [1.807, 2.05) is 0 Å². The first-order valence-electron chi connectivity index (χ1n) is 3.67. The van der Waals surface area contributed by atoms with Crippen molar-refractivity contribution in [3.63, 3.8) is 0 Å². The van der Waals surface area contributed by atoms with Gasteiger partial charge >= 0.3 is 0 Å². The zero-order valence-corrected chi connectivity index (χ0v) is 10.7. The zero-order chi connectivity index (χ0) is 9.61. The van der Waals surface area contributed by atoms with Crippen LogP contribution in [0.1, 0.15) is 20.3 Å². The monoisotopic (exact) mass is 239 g/mol. The summed E-state index contributed by atoms with van der Waals surface area (Å²) in [4.78, 5) is 0. The van der Waals surface area contributed by atoms with Crippen LogP contribution < -0.4 is 5.50 Å². The first-order valence-corrected chi connectivity index (χ1v) is 9.61. The summed E-state index contributed by atoms with van der Waals surface area (Å²) in [5, 5.41) is 0.547. The summed E-state index contributed by atoms with van der Waals surface area (Å²) in [6, 6.07) is 0. The molecule has 0 fully saturated rings. The molecule has 0 spiro atoms. The number of nitrogens with two attached hydrogens (primary N) is 1. The SMILES string of the molecule is C#CCSP(N)(=S)SC(C)CC. The second-order valence-corrected chi connectivity index (χ2v) is 13.7. The highest BCUT2D eigenvalue weighted by molar-refractivity contribution is 9.00. The van der Waals surface area contributed by atoms with Crippen molar-refractivity contribution in [1.29, 1.82) is 0 Å². The molecule has 12 heavy (non-hydrogen) atoms. The summed E-state index contributed by atoms with van der Waals surface area (Å²) in [7, 11) is 0. The Labute approximate surface area is 88.2 Å². The number of hydrogen-bond donors (Lipinski definition) is 1. The molecule has 0 aromatic rings. The third-order valence-electron chi connectivity index (χ3n) is 1.23. The molecule has 2 N–H and O–H groups in total. The van der Waals surface area contributed by atoms with E-state index >= 15 is 0 Å². The molecule has 0 bridgehead atoms. The van der Waals surface area contributed by atoms with Gasteiger partial charge in [-0.3, -0.25) is 5.50 Å². The van der Waals surface area contributed by atoms with Crippen molar-refractivity contribution < 1.29 is 0 Å². The van der Waals surface area contributed by atoms with Crippen molar-refractivity contribution in [2.45, 2.75) is 25.5 Å². The van der Waals surface area contributed by atoms with E-state index in [2.05, 4.69) is 19.8 Å². The van der Waals surface area contributed by atoms with Gasteiger partial charge in [0, 0.05) is 5.25 Å². The summed E-state index contributed by atoms with van der Waals surface area (Å²) in [6.07, 6.45) is 6.24. The molecular formula is C7H14NPS3. The van der Waals surface area contributed by atoms with E-state index in [1.54, 1.807) is 22.8 Å². The number of hydrogen-bond acceptors (Lipinski definition) is 3. The highest BCUT2D eigenvalue weighted by Gasteiger charge is 2.14. The summed E-state index contributed by atoms with van der Waals surface area (Å²) < 4.78 is -1.76. The van der Waals surface area contributed by atoms with Gasteiger partial charge in [-0.1, -0.05) is 54.3 Å². The van der Waals surface area contributed by atoms with Gasteiger partial charge in [0.1, 0.15) is 4.59 Å². The quantitative estimate of drug-likeness (QED) is 0.589. The smallest absolute Gasteiger partial charge is 0.116 e. The van der Waals surface area contributed by atoms with E-state index in [0.29, 0.717) is 11.0 Å². The molecule has 2 unspecified atom stereocenters. The van der Waals surface area contributed by atoms with Crippen LogP contribution in [0.3, 0.4) is 0 Å². The number of terminal acetylenes is 1. The molecule has 0 saturated heterocycles. The minimum atomic E-state index is -1.76. The molecule has 0 aliphatic rings. The van der Waals surface area contributed by atoms with E-state index in [0.717, 1.165) is 6.42 Å². The van der Waals surface area contributed by atoms with Crippen LogP contribution in [0.5, 0.6) is 0 Å². The van der Waals surface area contributed by atoms with Crippen LogP contribution in [-0.4, -0.2) is 11.0 Å². The molecule has 1 nitrogen and oxygen atoms in total. The molecule has 5 heteroatoms. The average molecular weight is 239 g/mol. The minimum Gasteiger partial charge on any atom is -0.287 e. The van der Waals surface area contributed by atoms with Crippen LogP contribution in [-0.2, 0) is 11.8 Å². The second kappa shape index (κ2) is 6.34. The first kappa shape index (κ1) is 12.9. The fraction of sp³-hybridized carbons (Fsp3) is 0.714. The Morgan fingerprint density at radius 2 is 2.33 bits per heavy atom. The lowest BCUT2D eigenvalue weighted by atomic mass is 10.4. The molecule has 70 valence electrons. The summed E-state index contributed by atoms with van der Waals surface area (Å²) >= 11 is 8.54. The molecule has 0 rings (SSSR count). The Balaban J connectivity index is 3.88. The molecule has 2 atom stereocenters. The van der Waals surface area contributed by atoms with Crippen molar-refractivity contribution in [2.24, 2.45) is 5.50 Å². The van der Waals surface area contributed by atoms with Crippen molar-refractivity contribution >= 4 is 39.2 Å². The minimum absolute atomic E-state index is 0.547. The molecule has 0 aliphatic heterocycles. The molecule has 0 aliphatic carbocycles. The van der Waals surface area contributed by atoms with Crippen LogP contribution >= 0.6 is 27.4 Å². The number of rotatable bonds is 5. The third-order valence-corrected chi connectivity index (χ3v) is 9.75. The lowest BCUT2D eigenvalue weighted by Crippen LogP contribution is -1.95. The molecule has 0 aromatic carbocycles. The summed E-state index contributed by atoms with van der Waals surface area (Å²) in [6.45, 7) is 4.29. The summed E-state index contributed by atoms with van der Waals surface area (Å²) in [5.74, 6) is 3.18. The second-order valence-electron chi connectivity index (χ2n) is 2.34. The molecule has 0 radical (unpaired) electrons. The van der Waals surface area contributed by atoms with Gasteiger partial charge in [0.15, 0.2) is 0 Å². The van der Waals surface area contributed by atoms with Crippen molar-refractivity contribution in [3.8, 4) is 12.3 Å². The van der Waals surface area contributed by atoms with E-state index < -0.39 is 4.59 Å². The van der Waals surface area contributed by atoms with Crippen LogP contribution in [0.25, 0.3) is 0 Å². The molecule has 0 saturated carbocycles. The Kier molecular flexibility index (Phi) is 6.80. The maximum absolute atomic E-state index is 5.94. The van der Waals surface area contributed by atoms with Crippen molar-refractivity contribution in [1.82, 2.24) is 0 Å². The zero-order valence-electron chi connectivity index (χ0n) is 7.32. The summed E-state index contributed by atoms with van der Waals surface area (Å²) in [5.41, 5.74) is 5.94. The predicted octanol–water partition coefficient (Wildman–Crippen LogP) is 3.07. The maximum atomic E-state index is 5.94. The van der Waals surface area contributed by atoms with Crippen LogP contribution in [0, 0.1) is 12.3 Å². The van der Waals surface area contributed by atoms with E-state index in [-0.39, 0.29) is 0 Å². The largest absolute Gasteiger partial charge is 0.287 e. The van der Waals surface area contributed by atoms with Gasteiger partial charge in [0.25, 0.3) is 0 Å². The average Bonchev–Trinajstić information content (AvgIpc) is 2.00. The van der Waals surface area contributed by atoms with Crippen LogP contribution in [0.4, 0.5) is 0 Å². The fourth-order valence-electron chi connectivity index (χ4n) is 0.483. The molecule has 0 amide bonds. The van der Waals surface area contributed by atoms with E-state index in [9.17, 15) is 0 Å². The van der Waals surface area contributed by atoms with Gasteiger partial charge in [-0.05, 0) is 6.42 Å². The normalized spacial score (nSPS) is 17.8. The predicted molar refractivity (Wildman–Crippen MR) is 67.1 cm³/mol. The van der Waals surface area contributed by atoms with Crippen molar-refractivity contribution in [2.75, 3.05) is 5.75 Å². The molecule has 0 aromatic heterocycles. The van der Waals surface area contributed by atoms with Gasteiger partial charge < -0.3 is 0 Å². The first-order chi connectivity index (χ1) is 5.52. The molecular weight excluding hydrogens is 225 g/mol. The van der Waals surface area contributed by atoms with Gasteiger partial charge in [-0.2, -0.15) is 0 Å². The van der Waals surface area contributed by atoms with Gasteiger partial charge in [-0.15, -0.1) is 6.42 Å². The van der Waals surface area contributed by atoms with E-state index in [1.165, 1.54) is 0 Å². The topological polar surface area (TPSA) is 26.0 Å². The lowest BCUT2D eigenvalue weighted by Gasteiger charge is -2.17. The maximum Gasteiger partial charge on any atom is 0.116 e. The van der Waals surface area contributed by atoms with Crippen molar-refractivity contribution in [3.05, 3.63) is 0 Å². The highest BCUT2D eigenvalue weighted by Crippen LogP contribution is 2.64. The van der Waals surface area contributed by atoms with Crippen LogP contribution in [0.2, 0.25) is 0 Å². The van der Waals surface area contributed by atoms with Gasteiger partial charge in [-0.25, -0.2) is 0 Å². The lowest BCUT2D eigenvalue weighted by molar-refractivity contribution is 0.912. The van der Waals surface area contributed by atoms with E-state index in [4.69, 9.17) is 23.7 Å². The fourth-order valence-corrected chi connectivity index (χ4v) is 8.49. The highest BCUT2D eigenvalue weighted by atomic mass is 33.2. The van der Waals surface area contributed by atoms with Gasteiger partial charge in [0.2, 0.25) is 0 Å².